The van der Waals surface area contributed by atoms with Crippen LogP contribution in [0.1, 0.15) is 40.0 Å². The summed E-state index contributed by atoms with van der Waals surface area (Å²) >= 11 is 0. The van der Waals surface area contributed by atoms with Gasteiger partial charge < -0.3 is 4.74 Å². The van der Waals surface area contributed by atoms with E-state index in [-0.39, 0.29) is 0 Å². The molecule has 0 aromatic carbocycles. The van der Waals surface area contributed by atoms with E-state index in [2.05, 4.69) is 32.7 Å². The topological polar surface area (TPSA) is 12.5 Å². The molecule has 1 aliphatic heterocycles. The van der Waals surface area contributed by atoms with Crippen molar-refractivity contribution >= 4 is 0 Å². The summed E-state index contributed by atoms with van der Waals surface area (Å²) in [6.45, 7) is 9.68. The van der Waals surface area contributed by atoms with Crippen molar-refractivity contribution in [3.63, 3.8) is 0 Å². The second-order valence-electron chi connectivity index (χ2n) is 4.77. The van der Waals surface area contributed by atoms with Crippen molar-refractivity contribution in [2.75, 3.05) is 26.8 Å². The summed E-state index contributed by atoms with van der Waals surface area (Å²) in [6, 6.07) is 0. The lowest BCUT2D eigenvalue weighted by Gasteiger charge is -2.48. The maximum absolute atomic E-state index is 5.67. The molecule has 0 bridgehead atoms. The number of hydrogen-bond acceptors (Lipinski definition) is 2. The lowest BCUT2D eigenvalue weighted by atomic mass is 9.78. The molecule has 0 radical (unpaired) electrons. The molecule has 1 aliphatic rings. The van der Waals surface area contributed by atoms with Crippen molar-refractivity contribution in [1.82, 2.24) is 4.90 Å². The van der Waals surface area contributed by atoms with Crippen molar-refractivity contribution in [3.05, 3.63) is 0 Å². The summed E-state index contributed by atoms with van der Waals surface area (Å²) in [7, 11) is 2.25. The van der Waals surface area contributed by atoms with E-state index in [9.17, 15) is 0 Å². The lowest BCUT2D eigenvalue weighted by molar-refractivity contribution is -0.0430. The van der Waals surface area contributed by atoms with Crippen LogP contribution in [0.15, 0.2) is 0 Å². The van der Waals surface area contributed by atoms with Crippen LogP contribution in [0.3, 0.4) is 0 Å². The van der Waals surface area contributed by atoms with Gasteiger partial charge in [-0.3, -0.25) is 4.90 Å². The number of likely N-dealkylation sites (tertiary alicyclic amines) is 1. The van der Waals surface area contributed by atoms with Crippen LogP contribution < -0.4 is 0 Å². The molecule has 2 heteroatoms. The number of ether oxygens (including phenoxy) is 1. The van der Waals surface area contributed by atoms with E-state index in [1.807, 2.05) is 0 Å². The molecule has 0 unspecified atom stereocenters. The first-order valence-corrected chi connectivity index (χ1v) is 5.92. The van der Waals surface area contributed by atoms with E-state index in [0.29, 0.717) is 11.5 Å². The Bertz CT molecular complexity index is 170. The fourth-order valence-electron chi connectivity index (χ4n) is 2.55. The second-order valence-corrected chi connectivity index (χ2v) is 4.77. The fraction of sp³-hybridized carbons (Fsp3) is 1.00. The van der Waals surface area contributed by atoms with Gasteiger partial charge in [-0.1, -0.05) is 20.3 Å². The Hall–Kier alpha value is -0.0800. The molecule has 0 N–H and O–H groups in total. The molecule has 0 aliphatic carbocycles. The van der Waals surface area contributed by atoms with Crippen LogP contribution in [0.5, 0.6) is 0 Å². The van der Waals surface area contributed by atoms with Crippen molar-refractivity contribution in [2.45, 2.75) is 45.6 Å². The zero-order chi connectivity index (χ0) is 10.6. The second kappa shape index (κ2) is 5.13. The minimum absolute atomic E-state index is 0.300. The highest BCUT2D eigenvalue weighted by Crippen LogP contribution is 2.33. The molecule has 2 nitrogen and oxygen atoms in total. The third-order valence-electron chi connectivity index (χ3n) is 3.74. The van der Waals surface area contributed by atoms with Gasteiger partial charge >= 0.3 is 0 Å². The maximum atomic E-state index is 5.67. The fourth-order valence-corrected chi connectivity index (χ4v) is 2.55. The van der Waals surface area contributed by atoms with Crippen LogP contribution in [-0.2, 0) is 4.74 Å². The number of likely N-dealkylation sites (N-methyl/N-ethyl adjacent to an activating group) is 1. The SMILES string of the molecule is CCOC[C@@]1(C(C)C)CCCCN1C. The standard InChI is InChI=1S/C12H25NO/c1-5-14-10-12(11(2)3)8-6-7-9-13(12)4/h11H,5-10H2,1-4H3/t12-/m1/s1. The van der Waals surface area contributed by atoms with Gasteiger partial charge in [0.2, 0.25) is 0 Å². The highest BCUT2D eigenvalue weighted by Gasteiger charge is 2.39. The maximum Gasteiger partial charge on any atom is 0.0652 e. The van der Waals surface area contributed by atoms with Crippen LogP contribution in [0.2, 0.25) is 0 Å². The summed E-state index contributed by atoms with van der Waals surface area (Å²) in [5.74, 6) is 0.680. The highest BCUT2D eigenvalue weighted by molar-refractivity contribution is 4.94. The van der Waals surface area contributed by atoms with E-state index in [1.165, 1.54) is 25.8 Å². The minimum Gasteiger partial charge on any atom is -0.380 e. The Balaban J connectivity index is 2.67. The van der Waals surface area contributed by atoms with Crippen molar-refractivity contribution in [2.24, 2.45) is 5.92 Å². The summed E-state index contributed by atoms with van der Waals surface area (Å²) in [5, 5.41) is 0. The largest absolute Gasteiger partial charge is 0.380 e. The zero-order valence-electron chi connectivity index (χ0n) is 10.2. The zero-order valence-corrected chi connectivity index (χ0v) is 10.2. The molecule has 0 saturated carbocycles. The highest BCUT2D eigenvalue weighted by atomic mass is 16.5. The van der Waals surface area contributed by atoms with Crippen LogP contribution in [0.4, 0.5) is 0 Å². The van der Waals surface area contributed by atoms with Crippen molar-refractivity contribution in [1.29, 1.82) is 0 Å². The number of hydrogen-bond donors (Lipinski definition) is 0. The Morgan fingerprint density at radius 1 is 1.36 bits per heavy atom. The van der Waals surface area contributed by atoms with Gasteiger partial charge in [0.25, 0.3) is 0 Å². The molecule has 1 atom stereocenters. The van der Waals surface area contributed by atoms with Gasteiger partial charge in [-0.15, -0.1) is 0 Å². The van der Waals surface area contributed by atoms with Gasteiger partial charge in [0.1, 0.15) is 0 Å². The van der Waals surface area contributed by atoms with E-state index in [0.717, 1.165) is 13.2 Å². The normalized spacial score (nSPS) is 29.8. The molecular weight excluding hydrogens is 174 g/mol. The van der Waals surface area contributed by atoms with E-state index >= 15 is 0 Å². The molecule has 1 rings (SSSR count). The molecule has 1 saturated heterocycles. The third-order valence-corrected chi connectivity index (χ3v) is 3.74. The van der Waals surface area contributed by atoms with Crippen molar-refractivity contribution < 1.29 is 4.74 Å². The lowest BCUT2D eigenvalue weighted by Crippen LogP contribution is -2.56. The number of nitrogens with zero attached hydrogens (tertiary/aromatic N) is 1. The first-order chi connectivity index (χ1) is 6.63. The predicted octanol–water partition coefficient (Wildman–Crippen LogP) is 2.53. The molecule has 14 heavy (non-hydrogen) atoms. The molecular formula is C12H25NO. The Kier molecular flexibility index (Phi) is 4.39. The Morgan fingerprint density at radius 2 is 2.07 bits per heavy atom. The minimum atomic E-state index is 0.300. The monoisotopic (exact) mass is 199 g/mol. The summed E-state index contributed by atoms with van der Waals surface area (Å²) in [5.41, 5.74) is 0.300. The summed E-state index contributed by atoms with van der Waals surface area (Å²) < 4.78 is 5.67. The molecule has 0 spiro atoms. The van der Waals surface area contributed by atoms with Crippen LogP contribution >= 0.6 is 0 Å². The first kappa shape index (κ1) is 12.0. The van der Waals surface area contributed by atoms with Gasteiger partial charge in [-0.25, -0.2) is 0 Å². The Labute approximate surface area is 88.6 Å². The third kappa shape index (κ3) is 2.29. The quantitative estimate of drug-likeness (QED) is 0.690. The van der Waals surface area contributed by atoms with Gasteiger partial charge in [0.15, 0.2) is 0 Å². The smallest absolute Gasteiger partial charge is 0.0652 e. The molecule has 0 amide bonds. The van der Waals surface area contributed by atoms with E-state index in [1.54, 1.807) is 0 Å². The van der Waals surface area contributed by atoms with Crippen LogP contribution in [0.25, 0.3) is 0 Å². The average Bonchev–Trinajstić information content (AvgIpc) is 2.16. The summed E-state index contributed by atoms with van der Waals surface area (Å²) in [4.78, 5) is 2.51. The molecule has 1 fully saturated rings. The van der Waals surface area contributed by atoms with Gasteiger partial charge in [-0.2, -0.15) is 0 Å². The summed E-state index contributed by atoms with van der Waals surface area (Å²) in [6.07, 6.45) is 3.99. The van der Waals surface area contributed by atoms with E-state index < -0.39 is 0 Å². The number of rotatable bonds is 4. The van der Waals surface area contributed by atoms with E-state index in [4.69, 9.17) is 4.74 Å². The molecule has 84 valence electrons. The average molecular weight is 199 g/mol. The first-order valence-electron chi connectivity index (χ1n) is 5.92. The van der Waals surface area contributed by atoms with Crippen molar-refractivity contribution in [3.8, 4) is 0 Å². The van der Waals surface area contributed by atoms with Crippen LogP contribution in [0, 0.1) is 5.92 Å². The predicted molar refractivity (Wildman–Crippen MR) is 60.5 cm³/mol. The molecule has 0 aromatic rings. The van der Waals surface area contributed by atoms with Gasteiger partial charge in [-0.05, 0) is 39.3 Å². The molecule has 0 aromatic heterocycles. The number of piperidine rings is 1. The van der Waals surface area contributed by atoms with Gasteiger partial charge in [0.05, 0.1) is 6.61 Å². The van der Waals surface area contributed by atoms with Crippen LogP contribution in [-0.4, -0.2) is 37.2 Å². The Morgan fingerprint density at radius 3 is 2.57 bits per heavy atom. The van der Waals surface area contributed by atoms with Gasteiger partial charge in [0, 0.05) is 12.1 Å². The molecule has 1 heterocycles.